The number of fused-ring (bicyclic) bond motifs is 4. The topological polar surface area (TPSA) is 224 Å². The molecule has 0 atom stereocenters. The van der Waals surface area contributed by atoms with Crippen LogP contribution in [0.2, 0.25) is 51.4 Å². The lowest BCUT2D eigenvalue weighted by Crippen LogP contribution is -2.44. The fraction of sp³-hybridized carbons (Fsp3) is 0.468. The van der Waals surface area contributed by atoms with Crippen molar-refractivity contribution in [3.8, 4) is 22.3 Å². The van der Waals surface area contributed by atoms with Crippen molar-refractivity contribution in [2.45, 2.75) is 103 Å². The van der Waals surface area contributed by atoms with Crippen molar-refractivity contribution in [3.05, 3.63) is 102 Å². The van der Waals surface area contributed by atoms with Gasteiger partial charge in [-0.3, -0.25) is 14.9 Å². The number of likely N-dealkylation sites (tertiary alicyclic amines) is 1. The molecule has 0 radical (unpaired) electrons. The number of halogens is 2. The summed E-state index contributed by atoms with van der Waals surface area (Å²) in [6.07, 6.45) is 9.92. The summed E-state index contributed by atoms with van der Waals surface area (Å²) >= 11 is 0. The second kappa shape index (κ2) is 27.4. The number of nitrogens with two attached hydrogens (primary N) is 1. The van der Waals surface area contributed by atoms with E-state index in [0.29, 0.717) is 113 Å². The van der Waals surface area contributed by atoms with Crippen LogP contribution in [-0.2, 0) is 14.2 Å². The Morgan fingerprint density at radius 1 is 0.770 bits per heavy atom. The van der Waals surface area contributed by atoms with E-state index in [2.05, 4.69) is 75.1 Å². The highest BCUT2D eigenvalue weighted by molar-refractivity contribution is 6.76. The minimum atomic E-state index is -1.33. The summed E-state index contributed by atoms with van der Waals surface area (Å²) in [7, 11) is -1.03. The van der Waals surface area contributed by atoms with Crippen molar-refractivity contribution in [1.82, 2.24) is 54.7 Å². The smallest absolute Gasteiger partial charge is 0.416 e. The summed E-state index contributed by atoms with van der Waals surface area (Å²) in [5.41, 5.74) is 11.0. The van der Waals surface area contributed by atoms with Gasteiger partial charge in [-0.15, -0.1) is 0 Å². The van der Waals surface area contributed by atoms with E-state index >= 15 is 0 Å². The molecule has 2 fully saturated rings. The summed E-state index contributed by atoms with van der Waals surface area (Å²) in [4.78, 5) is 53.8. The minimum Gasteiger partial charge on any atom is -0.443 e. The lowest BCUT2D eigenvalue weighted by molar-refractivity contribution is 0.0571. The molecule has 3 amide bonds. The van der Waals surface area contributed by atoms with Gasteiger partial charge in [0.25, 0.3) is 5.69 Å². The van der Waals surface area contributed by atoms with Gasteiger partial charge in [0, 0.05) is 114 Å². The molecule has 2 saturated heterocycles. The molecule has 0 unspecified atom stereocenters. The molecule has 8 aromatic rings. The fourth-order valence-corrected chi connectivity index (χ4v) is 11.9. The lowest BCUT2D eigenvalue weighted by atomic mass is 9.97. The third-order valence-electron chi connectivity index (χ3n) is 15.4. The number of aromatic nitrogens is 8. The van der Waals surface area contributed by atoms with Crippen LogP contribution in [0, 0.1) is 30.0 Å². The molecule has 21 nitrogen and oxygen atoms in total. The number of carbonyl (C=O) groups is 2. The number of ether oxygens (including phenoxy) is 3. The number of amides is 3. The predicted octanol–water partition coefficient (Wildman–Crippen LogP) is 11.9. The van der Waals surface area contributed by atoms with Crippen LogP contribution in [-0.4, -0.2) is 151 Å². The van der Waals surface area contributed by atoms with Crippen LogP contribution < -0.4 is 31.5 Å². The van der Waals surface area contributed by atoms with Gasteiger partial charge in [0.05, 0.1) is 30.0 Å². The van der Waals surface area contributed by atoms with Crippen LogP contribution in [0.3, 0.4) is 0 Å². The summed E-state index contributed by atoms with van der Waals surface area (Å²) in [5, 5.41) is 19.9. The number of urea groups is 1. The number of pyridine rings is 2. The Morgan fingerprint density at radius 3 is 1.85 bits per heavy atom. The van der Waals surface area contributed by atoms with Gasteiger partial charge in [-0.2, -0.15) is 14.7 Å². The van der Waals surface area contributed by atoms with E-state index in [4.69, 9.17) is 41.6 Å². The van der Waals surface area contributed by atoms with Crippen molar-refractivity contribution < 1.29 is 32.6 Å². The second-order valence-electron chi connectivity index (χ2n) is 25.9. The molecule has 2 aliphatic rings. The molecule has 8 heterocycles. The van der Waals surface area contributed by atoms with Crippen molar-refractivity contribution in [2.75, 3.05) is 93.8 Å². The third-order valence-corrected chi connectivity index (χ3v) is 18.8. The summed E-state index contributed by atoms with van der Waals surface area (Å²) < 4.78 is 49.9. The zero-order valence-corrected chi connectivity index (χ0v) is 53.7. The quantitative estimate of drug-likeness (QED) is 0.0256. The lowest BCUT2D eigenvalue weighted by Gasteiger charge is -2.32. The number of piperidine rings is 2. The van der Waals surface area contributed by atoms with E-state index in [0.717, 1.165) is 56.4 Å². The summed E-state index contributed by atoms with van der Waals surface area (Å²) in [6, 6.07) is 16.6. The molecule has 0 bridgehead atoms. The van der Waals surface area contributed by atoms with E-state index in [1.54, 1.807) is 58.3 Å². The fourth-order valence-electron chi connectivity index (χ4n) is 10.4. The summed E-state index contributed by atoms with van der Waals surface area (Å²) in [6.45, 7) is 33.3. The van der Waals surface area contributed by atoms with Gasteiger partial charge < -0.3 is 45.7 Å². The maximum atomic E-state index is 14.3. The first kappa shape index (κ1) is 63.6. The van der Waals surface area contributed by atoms with Crippen molar-refractivity contribution >= 4 is 90.3 Å². The Balaban J connectivity index is 0.000000223. The Hall–Kier alpha value is -7.90. The molecule has 87 heavy (non-hydrogen) atoms. The zero-order chi connectivity index (χ0) is 62.2. The van der Waals surface area contributed by atoms with E-state index < -0.39 is 27.8 Å². The first-order valence-electron chi connectivity index (χ1n) is 29.8. The molecular formula is C62H82F2N16O5Si2. The number of benzene rings is 2. The van der Waals surface area contributed by atoms with Crippen LogP contribution in [0.25, 0.3) is 60.2 Å². The Labute approximate surface area is 509 Å². The van der Waals surface area contributed by atoms with Crippen LogP contribution in [0.1, 0.15) is 46.5 Å². The van der Waals surface area contributed by atoms with Crippen molar-refractivity contribution in [2.24, 2.45) is 11.8 Å². The number of nitrogens with zero attached hydrogens (tertiary/aromatic N) is 12. The zero-order valence-electron chi connectivity index (χ0n) is 51.7. The highest BCUT2D eigenvalue weighted by Gasteiger charge is 2.31. The van der Waals surface area contributed by atoms with E-state index in [-0.39, 0.29) is 48.6 Å². The molecule has 0 aliphatic carbocycles. The minimum absolute atomic E-state index is 0.0641. The Morgan fingerprint density at radius 2 is 1.32 bits per heavy atom. The molecule has 10 rings (SSSR count). The van der Waals surface area contributed by atoms with Crippen LogP contribution in [0.4, 0.5) is 47.3 Å². The van der Waals surface area contributed by atoms with E-state index in [1.807, 2.05) is 43.9 Å². The van der Waals surface area contributed by atoms with Gasteiger partial charge in [0.1, 0.15) is 54.0 Å². The first-order valence-corrected chi connectivity index (χ1v) is 37.2. The third kappa shape index (κ3) is 16.4. The van der Waals surface area contributed by atoms with Crippen LogP contribution >= 0.6 is 0 Å². The number of hydrogen-bond acceptors (Lipinski definition) is 15. The molecule has 0 spiro atoms. The van der Waals surface area contributed by atoms with Gasteiger partial charge in [0.2, 0.25) is 0 Å². The molecule has 462 valence electrons. The number of hydrogen-bond donors (Lipinski definition) is 4. The van der Waals surface area contributed by atoms with E-state index in [9.17, 15) is 18.4 Å². The number of carbonyl (C=O) groups excluding carboxylic acids is 2. The predicted molar refractivity (Wildman–Crippen MR) is 345 cm³/mol. The Kier molecular flexibility index (Phi) is 20.1. The highest BCUT2D eigenvalue weighted by atomic mass is 28.3. The SMILES string of the molecule is CC(C)(C)OC(=O)N(CC1CCNCC1)c1cc(N(COCC[Si](C)(C)C)COCC[Si](C)(C)C)n2ncc(-c3cnc4ccc(F)cc4c3)c2n1.[C-]#[N+]c1c(NCC2CCN(C(=O)NC)CC2)nc2c(-c3cnc4ccc(F)cc4c3)cnn2c1N. The second-order valence-corrected chi connectivity index (χ2v) is 37.1. The van der Waals surface area contributed by atoms with Gasteiger partial charge in [-0.05, 0) is 132 Å². The van der Waals surface area contributed by atoms with Gasteiger partial charge in [-0.1, -0.05) is 39.3 Å². The summed E-state index contributed by atoms with van der Waals surface area (Å²) in [5.74, 6) is 1.62. The van der Waals surface area contributed by atoms with Crippen molar-refractivity contribution in [3.63, 3.8) is 0 Å². The molecule has 25 heteroatoms. The van der Waals surface area contributed by atoms with Gasteiger partial charge >= 0.3 is 12.1 Å². The van der Waals surface area contributed by atoms with Gasteiger partial charge in [-0.25, -0.2) is 37.7 Å². The molecule has 0 saturated carbocycles. The number of nitrogens with one attached hydrogen (secondary N) is 3. The number of nitrogen functional groups attached to an aromatic ring is 1. The average Bonchev–Trinajstić information content (AvgIpc) is 1.76. The largest absolute Gasteiger partial charge is 0.443 e. The monoisotopic (exact) mass is 1220 g/mol. The van der Waals surface area contributed by atoms with Crippen LogP contribution in [0.15, 0.2) is 79.4 Å². The van der Waals surface area contributed by atoms with E-state index in [1.165, 1.54) is 28.8 Å². The first-order chi connectivity index (χ1) is 41.4. The standard InChI is InChI=1S/C38H58FN7O4Si2.C24H24FN9O/c1-38(2,3)50-37(47)45(25-28-12-14-40-15-13-28)34-22-35(44(26-48-16-18-51(4,5)6)27-49-17-19-52(7,8)9)46-36(43-34)32(24-42-46)30-20-29-21-31(39)10-11-33(29)41-23-30;1-27-20-21(26)34-23(32-22(20)30-11-14-5-7-33(8-6-14)24(35)28-2)18(13-31-34)16-9-15-10-17(25)3-4-19(15)29-12-16/h10-11,20-24,28,40H,12-19,25-27H2,1-9H3;3-4,9-10,12-14H,5-8,11,26H2,2H3,(H,28,35)(H,30,32). The molecule has 2 aliphatic heterocycles. The highest BCUT2D eigenvalue weighted by Crippen LogP contribution is 2.37. The van der Waals surface area contributed by atoms with Gasteiger partial charge in [0.15, 0.2) is 11.3 Å². The maximum Gasteiger partial charge on any atom is 0.416 e. The van der Waals surface area contributed by atoms with Crippen molar-refractivity contribution in [1.29, 1.82) is 0 Å². The molecule has 5 N–H and O–H groups in total. The number of anilines is 4. The normalized spacial score (nSPS) is 14.5. The molecule has 2 aromatic carbocycles. The molecule has 6 aromatic heterocycles. The maximum absolute atomic E-state index is 14.3. The Bertz CT molecular complexity index is 3750. The average molecular weight is 1230 g/mol. The molecular weight excluding hydrogens is 1140 g/mol. The van der Waals surface area contributed by atoms with Crippen LogP contribution in [0.5, 0.6) is 0 Å². The number of rotatable bonds is 19.